The molecule has 2 aliphatic rings. The number of aliphatic carboxylic acids is 1. The molecule has 1 aliphatic carbocycles. The first-order valence-corrected chi connectivity index (χ1v) is 17.1. The maximum atomic E-state index is 13.9. The SMILES string of the molecule is CCOP(=O)(C[C@H](NC(=O)c1cc(NC2CC2)nc(-c2ccccc2)n1)C(=O)N1CCN(CCCCC(=O)O)CC1)OCC. The number of piperazine rings is 1. The van der Waals surface area contributed by atoms with Crippen molar-refractivity contribution >= 4 is 31.2 Å². The number of nitrogens with one attached hydrogen (secondary N) is 2. The Bertz CT molecular complexity index is 1310. The van der Waals surface area contributed by atoms with Gasteiger partial charge in [0.1, 0.15) is 17.6 Å². The maximum absolute atomic E-state index is 13.9. The summed E-state index contributed by atoms with van der Waals surface area (Å²) in [5.41, 5.74) is 0.820. The van der Waals surface area contributed by atoms with Crippen LogP contribution in [-0.4, -0.2) is 107 Å². The molecule has 2 heterocycles. The number of hydrogen-bond donors (Lipinski definition) is 3. The Labute approximate surface area is 258 Å². The molecule has 0 spiro atoms. The summed E-state index contributed by atoms with van der Waals surface area (Å²) in [5.74, 6) is -0.893. The summed E-state index contributed by atoms with van der Waals surface area (Å²) in [5, 5.41) is 15.0. The lowest BCUT2D eigenvalue weighted by molar-refractivity contribution is -0.137. The summed E-state index contributed by atoms with van der Waals surface area (Å²) in [4.78, 5) is 51.3. The highest BCUT2D eigenvalue weighted by atomic mass is 31.2. The molecule has 1 saturated heterocycles. The van der Waals surface area contributed by atoms with Gasteiger partial charge in [-0.3, -0.25) is 23.8 Å². The van der Waals surface area contributed by atoms with E-state index in [4.69, 9.17) is 14.2 Å². The Kier molecular flexibility index (Phi) is 12.2. The maximum Gasteiger partial charge on any atom is 0.333 e. The lowest BCUT2D eigenvalue weighted by Crippen LogP contribution is -2.56. The highest BCUT2D eigenvalue weighted by Gasteiger charge is 2.37. The Morgan fingerprint density at radius 3 is 2.32 bits per heavy atom. The van der Waals surface area contributed by atoms with Gasteiger partial charge in [-0.2, -0.15) is 0 Å². The quantitative estimate of drug-likeness (QED) is 0.173. The Hall–Kier alpha value is -3.38. The van der Waals surface area contributed by atoms with E-state index in [9.17, 15) is 18.9 Å². The number of anilines is 1. The molecule has 1 aliphatic heterocycles. The molecule has 3 N–H and O–H groups in total. The molecule has 0 radical (unpaired) electrons. The molecule has 1 aromatic carbocycles. The molecule has 0 unspecified atom stereocenters. The first-order chi connectivity index (χ1) is 21.2. The van der Waals surface area contributed by atoms with Crippen LogP contribution in [0.3, 0.4) is 0 Å². The van der Waals surface area contributed by atoms with Crippen LogP contribution in [0.2, 0.25) is 0 Å². The van der Waals surface area contributed by atoms with Crippen LogP contribution in [-0.2, 0) is 23.2 Å². The summed E-state index contributed by atoms with van der Waals surface area (Å²) >= 11 is 0. The summed E-state index contributed by atoms with van der Waals surface area (Å²) in [6.07, 6.45) is 3.20. The third-order valence-electron chi connectivity index (χ3n) is 7.38. The van der Waals surface area contributed by atoms with Crippen LogP contribution in [0.15, 0.2) is 36.4 Å². The van der Waals surface area contributed by atoms with Crippen LogP contribution in [0.1, 0.15) is 56.4 Å². The summed E-state index contributed by atoms with van der Waals surface area (Å²) in [6.45, 7) is 6.41. The molecular weight excluding hydrogens is 587 g/mol. The average Bonchev–Trinajstić information content (AvgIpc) is 3.83. The zero-order valence-corrected chi connectivity index (χ0v) is 26.3. The predicted octanol–water partition coefficient (Wildman–Crippen LogP) is 3.48. The van der Waals surface area contributed by atoms with E-state index in [1.165, 1.54) is 0 Å². The Morgan fingerprint density at radius 1 is 1.02 bits per heavy atom. The number of unbranched alkanes of at least 4 members (excludes halogenated alkanes) is 1. The minimum atomic E-state index is -3.71. The van der Waals surface area contributed by atoms with Crippen LogP contribution >= 0.6 is 7.60 Å². The normalized spacial score (nSPS) is 16.4. The van der Waals surface area contributed by atoms with Crippen molar-refractivity contribution in [1.29, 1.82) is 0 Å². The number of carbonyl (C=O) groups is 3. The fourth-order valence-corrected chi connectivity index (χ4v) is 6.76. The van der Waals surface area contributed by atoms with Gasteiger partial charge < -0.3 is 29.7 Å². The highest BCUT2D eigenvalue weighted by Crippen LogP contribution is 2.48. The largest absolute Gasteiger partial charge is 0.481 e. The number of carboxylic acids is 1. The van der Waals surface area contributed by atoms with Crippen LogP contribution < -0.4 is 10.6 Å². The molecule has 2 aromatic rings. The van der Waals surface area contributed by atoms with E-state index >= 15 is 0 Å². The van der Waals surface area contributed by atoms with Crippen molar-refractivity contribution in [2.24, 2.45) is 0 Å². The number of rotatable bonds is 17. The van der Waals surface area contributed by atoms with Crippen molar-refractivity contribution in [1.82, 2.24) is 25.1 Å². The molecule has 1 atom stereocenters. The van der Waals surface area contributed by atoms with Gasteiger partial charge in [0.2, 0.25) is 5.91 Å². The van der Waals surface area contributed by atoms with Gasteiger partial charge in [-0.05, 0) is 46.1 Å². The second-order valence-electron chi connectivity index (χ2n) is 10.9. The zero-order chi connectivity index (χ0) is 31.5. The van der Waals surface area contributed by atoms with Crippen LogP contribution in [0, 0.1) is 0 Å². The number of aromatic nitrogens is 2. The molecular formula is C30H43N6O7P. The third kappa shape index (κ3) is 10.1. The summed E-state index contributed by atoms with van der Waals surface area (Å²) < 4.78 is 24.5. The molecule has 1 saturated carbocycles. The van der Waals surface area contributed by atoms with Crippen LogP contribution in [0.5, 0.6) is 0 Å². The second kappa shape index (κ2) is 16.1. The van der Waals surface area contributed by atoms with E-state index in [1.807, 2.05) is 30.3 Å². The Balaban J connectivity index is 1.51. The monoisotopic (exact) mass is 630 g/mol. The summed E-state index contributed by atoms with van der Waals surface area (Å²) in [6, 6.07) is 10.0. The van der Waals surface area contributed by atoms with E-state index < -0.39 is 25.5 Å². The molecule has 2 fully saturated rings. The fraction of sp³-hybridized carbons (Fsp3) is 0.567. The zero-order valence-electron chi connectivity index (χ0n) is 25.4. The number of amides is 2. The van der Waals surface area contributed by atoms with E-state index in [-0.39, 0.29) is 43.4 Å². The first-order valence-electron chi connectivity index (χ1n) is 15.3. The van der Waals surface area contributed by atoms with E-state index in [1.54, 1.807) is 24.8 Å². The lowest BCUT2D eigenvalue weighted by atomic mass is 10.2. The van der Waals surface area contributed by atoms with Gasteiger partial charge >= 0.3 is 13.6 Å². The number of carbonyl (C=O) groups excluding carboxylic acids is 2. The number of hydrogen-bond acceptors (Lipinski definition) is 10. The average molecular weight is 631 g/mol. The number of nitrogens with zero attached hydrogens (tertiary/aromatic N) is 4. The van der Waals surface area contributed by atoms with Gasteiger partial charge in [0.05, 0.1) is 19.4 Å². The van der Waals surface area contributed by atoms with Crippen molar-refractivity contribution < 1.29 is 33.1 Å². The van der Waals surface area contributed by atoms with Crippen molar-refractivity contribution in [3.05, 3.63) is 42.1 Å². The predicted molar refractivity (Wildman–Crippen MR) is 166 cm³/mol. The van der Waals surface area contributed by atoms with Gasteiger partial charge in [-0.25, -0.2) is 9.97 Å². The topological polar surface area (TPSA) is 163 Å². The minimum absolute atomic E-state index is 0.0774. The molecule has 13 nitrogen and oxygen atoms in total. The van der Waals surface area contributed by atoms with Crippen molar-refractivity contribution in [3.8, 4) is 11.4 Å². The highest BCUT2D eigenvalue weighted by molar-refractivity contribution is 7.54. The Morgan fingerprint density at radius 2 is 1.70 bits per heavy atom. The van der Waals surface area contributed by atoms with E-state index in [2.05, 4.69) is 25.5 Å². The van der Waals surface area contributed by atoms with Gasteiger partial charge in [0.25, 0.3) is 5.91 Å². The van der Waals surface area contributed by atoms with Crippen LogP contribution in [0.4, 0.5) is 5.82 Å². The van der Waals surface area contributed by atoms with Gasteiger partial charge in [-0.1, -0.05) is 30.3 Å². The smallest absolute Gasteiger partial charge is 0.333 e. The standard InChI is InChI=1S/C30H43N6O7P/c1-3-42-44(41,43-4-2)21-25(30(40)36-18-16-35(17-19-36)15-9-8-12-27(37)38)33-29(39)24-20-26(31-23-13-14-23)34-28(32-24)22-10-6-5-7-11-22/h5-7,10-11,20,23,25H,3-4,8-9,12-19,21H2,1-2H3,(H,33,39)(H,37,38)(H,31,32,34)/t25-/m0/s1. The van der Waals surface area contributed by atoms with Crippen molar-refractivity contribution in [3.63, 3.8) is 0 Å². The number of carboxylic acid groups (broad SMARTS) is 1. The van der Waals surface area contributed by atoms with Gasteiger partial charge in [-0.15, -0.1) is 0 Å². The lowest BCUT2D eigenvalue weighted by Gasteiger charge is -2.37. The minimum Gasteiger partial charge on any atom is -0.481 e. The van der Waals surface area contributed by atoms with Crippen molar-refractivity contribution in [2.45, 2.75) is 58.0 Å². The third-order valence-corrected chi connectivity index (χ3v) is 9.50. The second-order valence-corrected chi connectivity index (χ2v) is 13.0. The van der Waals surface area contributed by atoms with E-state index in [0.29, 0.717) is 44.2 Å². The molecule has 14 heteroatoms. The molecule has 4 rings (SSSR count). The van der Waals surface area contributed by atoms with Crippen LogP contribution in [0.25, 0.3) is 11.4 Å². The van der Waals surface area contributed by atoms with Gasteiger partial charge in [0.15, 0.2) is 5.82 Å². The van der Waals surface area contributed by atoms with Crippen molar-refractivity contribution in [2.75, 3.05) is 57.4 Å². The molecule has 44 heavy (non-hydrogen) atoms. The summed E-state index contributed by atoms with van der Waals surface area (Å²) in [7, 11) is -3.71. The fourth-order valence-electron chi connectivity index (χ4n) is 4.99. The molecule has 240 valence electrons. The van der Waals surface area contributed by atoms with Gasteiger partial charge in [0, 0.05) is 50.3 Å². The first kappa shape index (κ1) is 33.5. The molecule has 1 aromatic heterocycles. The number of benzene rings is 1. The molecule has 0 bridgehead atoms. The molecule has 2 amide bonds. The van der Waals surface area contributed by atoms with E-state index in [0.717, 1.165) is 31.4 Å².